The van der Waals surface area contributed by atoms with E-state index < -0.39 is 0 Å². The highest BCUT2D eigenvalue weighted by Gasteiger charge is 2.13. The summed E-state index contributed by atoms with van der Waals surface area (Å²) in [5.74, 6) is 1.32. The molecule has 0 unspecified atom stereocenters. The number of carbonyl (C=O) groups excluding carboxylic acids is 1. The van der Waals surface area contributed by atoms with Crippen molar-refractivity contribution >= 4 is 23.2 Å². The van der Waals surface area contributed by atoms with Crippen molar-refractivity contribution in [2.24, 2.45) is 0 Å². The minimum absolute atomic E-state index is 0.171. The van der Waals surface area contributed by atoms with E-state index in [1.165, 1.54) is 7.11 Å². The van der Waals surface area contributed by atoms with Crippen LogP contribution in [0, 0.1) is 0 Å². The van der Waals surface area contributed by atoms with Crippen LogP contribution in [0.15, 0.2) is 59.0 Å². The van der Waals surface area contributed by atoms with Gasteiger partial charge in [-0.25, -0.2) is 0 Å². The number of aliphatic hydroxyl groups excluding tert-OH is 1. The van der Waals surface area contributed by atoms with Crippen molar-refractivity contribution in [2.45, 2.75) is 6.61 Å². The molecular formula is C19H16ClNO4. The Balaban J connectivity index is 1.85. The Hall–Kier alpha value is -2.76. The van der Waals surface area contributed by atoms with Crippen molar-refractivity contribution in [3.05, 3.63) is 70.9 Å². The van der Waals surface area contributed by atoms with Gasteiger partial charge in [0, 0.05) is 22.3 Å². The Labute approximate surface area is 149 Å². The average molecular weight is 358 g/mol. The van der Waals surface area contributed by atoms with Crippen molar-refractivity contribution in [2.75, 3.05) is 12.4 Å². The molecule has 5 nitrogen and oxygen atoms in total. The van der Waals surface area contributed by atoms with Gasteiger partial charge in [-0.2, -0.15) is 0 Å². The van der Waals surface area contributed by atoms with Gasteiger partial charge in [0.25, 0.3) is 5.91 Å². The summed E-state index contributed by atoms with van der Waals surface area (Å²) in [6.45, 7) is -0.171. The number of hydrogen-bond donors (Lipinski definition) is 2. The second-order valence-corrected chi connectivity index (χ2v) is 5.74. The Morgan fingerprint density at radius 1 is 1.20 bits per heavy atom. The molecule has 128 valence electrons. The number of nitrogens with one attached hydrogen (secondary N) is 1. The number of hydrogen-bond acceptors (Lipinski definition) is 4. The lowest BCUT2D eigenvalue weighted by atomic mass is 10.1. The molecule has 0 saturated heterocycles. The topological polar surface area (TPSA) is 71.7 Å². The summed E-state index contributed by atoms with van der Waals surface area (Å²) < 4.78 is 10.9. The quantitative estimate of drug-likeness (QED) is 0.712. The standard InChI is InChI=1S/C19H16ClNO4/c1-24-18-10-14(21-19(23)12-3-2-4-13(20)9-12)5-7-16(18)17-8-6-15(11-22)25-17/h2-10,22H,11H2,1H3,(H,21,23). The van der Waals surface area contributed by atoms with Gasteiger partial charge in [-0.15, -0.1) is 0 Å². The molecule has 0 aliphatic rings. The molecule has 1 heterocycles. The number of furan rings is 1. The molecule has 1 aromatic heterocycles. The van der Waals surface area contributed by atoms with E-state index in [2.05, 4.69) is 5.32 Å². The summed E-state index contributed by atoms with van der Waals surface area (Å²) in [7, 11) is 1.54. The highest BCUT2D eigenvalue weighted by atomic mass is 35.5. The van der Waals surface area contributed by atoms with Crippen molar-refractivity contribution in [3.8, 4) is 17.1 Å². The molecule has 0 bridgehead atoms. The second-order valence-electron chi connectivity index (χ2n) is 5.30. The van der Waals surface area contributed by atoms with Gasteiger partial charge in [0.2, 0.25) is 0 Å². The molecule has 0 fully saturated rings. The van der Waals surface area contributed by atoms with E-state index in [0.717, 1.165) is 5.56 Å². The fourth-order valence-corrected chi connectivity index (χ4v) is 2.60. The molecule has 2 aromatic carbocycles. The molecule has 0 saturated carbocycles. The van der Waals surface area contributed by atoms with Crippen molar-refractivity contribution < 1.29 is 19.1 Å². The van der Waals surface area contributed by atoms with Gasteiger partial charge >= 0.3 is 0 Å². The summed E-state index contributed by atoms with van der Waals surface area (Å²) in [5.41, 5.74) is 1.77. The number of benzene rings is 2. The van der Waals surface area contributed by atoms with E-state index >= 15 is 0 Å². The largest absolute Gasteiger partial charge is 0.496 e. The van der Waals surface area contributed by atoms with Crippen LogP contribution in [0.2, 0.25) is 5.02 Å². The maximum absolute atomic E-state index is 12.3. The molecule has 0 aliphatic carbocycles. The summed E-state index contributed by atoms with van der Waals surface area (Å²) in [4.78, 5) is 12.3. The zero-order valence-corrected chi connectivity index (χ0v) is 14.2. The lowest BCUT2D eigenvalue weighted by molar-refractivity contribution is 0.102. The third-order valence-electron chi connectivity index (χ3n) is 3.63. The Morgan fingerprint density at radius 2 is 2.04 bits per heavy atom. The highest BCUT2D eigenvalue weighted by Crippen LogP contribution is 2.33. The third kappa shape index (κ3) is 3.84. The van der Waals surface area contributed by atoms with Gasteiger partial charge in [-0.05, 0) is 42.5 Å². The maximum atomic E-state index is 12.3. The molecule has 3 aromatic rings. The number of anilines is 1. The van der Waals surface area contributed by atoms with Crippen LogP contribution in [0.1, 0.15) is 16.1 Å². The van der Waals surface area contributed by atoms with Gasteiger partial charge in [-0.3, -0.25) is 4.79 Å². The van der Waals surface area contributed by atoms with Crippen LogP contribution in [-0.2, 0) is 6.61 Å². The number of ether oxygens (including phenoxy) is 1. The SMILES string of the molecule is COc1cc(NC(=O)c2cccc(Cl)c2)ccc1-c1ccc(CO)o1. The first-order valence-electron chi connectivity index (χ1n) is 7.55. The first-order chi connectivity index (χ1) is 12.1. The van der Waals surface area contributed by atoms with Crippen LogP contribution in [0.25, 0.3) is 11.3 Å². The van der Waals surface area contributed by atoms with Gasteiger partial charge in [0.1, 0.15) is 23.9 Å². The molecule has 0 atom stereocenters. The van der Waals surface area contributed by atoms with Crippen LogP contribution >= 0.6 is 11.6 Å². The molecule has 6 heteroatoms. The Bertz CT molecular complexity index is 904. The van der Waals surface area contributed by atoms with Crippen LogP contribution in [0.5, 0.6) is 5.75 Å². The molecule has 0 spiro atoms. The van der Waals surface area contributed by atoms with Gasteiger partial charge in [0.15, 0.2) is 0 Å². The van der Waals surface area contributed by atoms with Crippen LogP contribution in [0.4, 0.5) is 5.69 Å². The van der Waals surface area contributed by atoms with Gasteiger partial charge in [-0.1, -0.05) is 17.7 Å². The third-order valence-corrected chi connectivity index (χ3v) is 3.86. The van der Waals surface area contributed by atoms with Gasteiger partial charge in [0.05, 0.1) is 12.7 Å². The van der Waals surface area contributed by atoms with Gasteiger partial charge < -0.3 is 19.6 Å². The normalized spacial score (nSPS) is 10.5. The minimum atomic E-state index is -0.266. The number of halogens is 1. The number of rotatable bonds is 5. The first-order valence-corrected chi connectivity index (χ1v) is 7.93. The fraction of sp³-hybridized carbons (Fsp3) is 0.105. The van der Waals surface area contributed by atoms with Crippen LogP contribution in [0.3, 0.4) is 0 Å². The molecule has 1 amide bonds. The summed E-state index contributed by atoms with van der Waals surface area (Å²) in [5, 5.41) is 12.4. The number of methoxy groups -OCH3 is 1. The molecule has 2 N–H and O–H groups in total. The summed E-state index contributed by atoms with van der Waals surface area (Å²) in [6.07, 6.45) is 0. The molecular weight excluding hydrogens is 342 g/mol. The minimum Gasteiger partial charge on any atom is -0.496 e. The smallest absolute Gasteiger partial charge is 0.255 e. The Kier molecular flexibility index (Phi) is 5.07. The lowest BCUT2D eigenvalue weighted by Gasteiger charge is -2.10. The molecule has 0 aliphatic heterocycles. The van der Waals surface area contributed by atoms with Crippen molar-refractivity contribution in [1.82, 2.24) is 0 Å². The highest BCUT2D eigenvalue weighted by molar-refractivity contribution is 6.31. The van der Waals surface area contributed by atoms with E-state index in [1.54, 1.807) is 54.6 Å². The number of carbonyl (C=O) groups is 1. The fourth-order valence-electron chi connectivity index (χ4n) is 2.41. The predicted octanol–water partition coefficient (Wildman–Crippen LogP) is 4.35. The van der Waals surface area contributed by atoms with Crippen molar-refractivity contribution in [1.29, 1.82) is 0 Å². The van der Waals surface area contributed by atoms with E-state index in [0.29, 0.717) is 33.5 Å². The Morgan fingerprint density at radius 3 is 2.72 bits per heavy atom. The average Bonchev–Trinajstić information content (AvgIpc) is 3.10. The van der Waals surface area contributed by atoms with E-state index in [-0.39, 0.29) is 12.5 Å². The lowest BCUT2D eigenvalue weighted by Crippen LogP contribution is -2.11. The molecule has 25 heavy (non-hydrogen) atoms. The summed E-state index contributed by atoms with van der Waals surface area (Å²) in [6, 6.07) is 15.4. The maximum Gasteiger partial charge on any atom is 0.255 e. The monoisotopic (exact) mass is 357 g/mol. The second kappa shape index (κ2) is 7.42. The first kappa shape index (κ1) is 17.1. The zero-order valence-electron chi connectivity index (χ0n) is 13.5. The summed E-state index contributed by atoms with van der Waals surface area (Å²) >= 11 is 5.91. The van der Waals surface area contributed by atoms with E-state index in [1.807, 2.05) is 0 Å². The number of aliphatic hydroxyl groups is 1. The van der Waals surface area contributed by atoms with E-state index in [4.69, 9.17) is 25.9 Å². The zero-order chi connectivity index (χ0) is 17.8. The predicted molar refractivity (Wildman–Crippen MR) is 96.0 cm³/mol. The molecule has 3 rings (SSSR count). The van der Waals surface area contributed by atoms with E-state index in [9.17, 15) is 4.79 Å². The van der Waals surface area contributed by atoms with Crippen LogP contribution in [-0.4, -0.2) is 18.1 Å². The van der Waals surface area contributed by atoms with Crippen LogP contribution < -0.4 is 10.1 Å². The number of amides is 1. The molecule has 0 radical (unpaired) electrons. The van der Waals surface area contributed by atoms with Crippen molar-refractivity contribution in [3.63, 3.8) is 0 Å².